The molecule has 2 aliphatic rings. The number of benzene rings is 1. The summed E-state index contributed by atoms with van der Waals surface area (Å²) in [5.41, 5.74) is 3.08. The molecule has 2 aliphatic heterocycles. The molecule has 0 amide bonds. The van der Waals surface area contributed by atoms with E-state index < -0.39 is 0 Å². The Bertz CT molecular complexity index is 547. The van der Waals surface area contributed by atoms with Crippen molar-refractivity contribution in [2.75, 3.05) is 39.4 Å². The number of phenolic OH excluding ortho intramolecular Hbond substituents is 1. The molecule has 2 fully saturated rings. The Labute approximate surface area is 138 Å². The van der Waals surface area contributed by atoms with Crippen LogP contribution in [0.5, 0.6) is 5.75 Å². The van der Waals surface area contributed by atoms with E-state index in [2.05, 4.69) is 16.0 Å². The third kappa shape index (κ3) is 4.45. The van der Waals surface area contributed by atoms with Gasteiger partial charge >= 0.3 is 0 Å². The number of morpholine rings is 1. The van der Waals surface area contributed by atoms with Crippen LogP contribution in [0.3, 0.4) is 0 Å². The van der Waals surface area contributed by atoms with E-state index in [4.69, 9.17) is 9.84 Å². The number of hydrogen-bond acceptors (Lipinski definition) is 5. The molecule has 0 unspecified atom stereocenters. The Balaban J connectivity index is 1.71. The topological polar surface area (TPSA) is 48.3 Å². The Morgan fingerprint density at radius 2 is 1.87 bits per heavy atom. The standard InChI is InChI=1S/C18H27N3O2/c1-15(19-21-9-11-23-12-10-21)16-5-6-18(22)17(13-16)14-20-7-3-2-4-8-20/h5-6,13,22H,2-4,7-12,14H2,1H3/b19-15-. The minimum Gasteiger partial charge on any atom is -0.508 e. The first-order chi connectivity index (χ1) is 11.2. The van der Waals surface area contributed by atoms with Crippen LogP contribution in [0.2, 0.25) is 0 Å². The summed E-state index contributed by atoms with van der Waals surface area (Å²) in [5.74, 6) is 0.387. The van der Waals surface area contributed by atoms with Gasteiger partial charge < -0.3 is 9.84 Å². The monoisotopic (exact) mass is 317 g/mol. The highest BCUT2D eigenvalue weighted by Gasteiger charge is 2.14. The van der Waals surface area contributed by atoms with E-state index >= 15 is 0 Å². The molecule has 0 aliphatic carbocycles. The molecule has 2 heterocycles. The molecule has 126 valence electrons. The van der Waals surface area contributed by atoms with Crippen molar-refractivity contribution in [1.82, 2.24) is 9.91 Å². The predicted molar refractivity (Wildman–Crippen MR) is 91.8 cm³/mol. The van der Waals surface area contributed by atoms with Gasteiger partial charge in [-0.25, -0.2) is 0 Å². The van der Waals surface area contributed by atoms with Crippen LogP contribution < -0.4 is 0 Å². The van der Waals surface area contributed by atoms with Crippen molar-refractivity contribution >= 4 is 5.71 Å². The summed E-state index contributed by atoms with van der Waals surface area (Å²) in [4.78, 5) is 2.43. The lowest BCUT2D eigenvalue weighted by Gasteiger charge is -2.27. The van der Waals surface area contributed by atoms with Crippen molar-refractivity contribution in [3.8, 4) is 5.75 Å². The second-order valence-electron chi connectivity index (χ2n) is 6.43. The van der Waals surface area contributed by atoms with E-state index in [1.807, 2.05) is 13.0 Å². The van der Waals surface area contributed by atoms with Crippen molar-refractivity contribution in [3.05, 3.63) is 29.3 Å². The smallest absolute Gasteiger partial charge is 0.120 e. The fourth-order valence-electron chi connectivity index (χ4n) is 3.22. The second kappa shape index (κ2) is 7.79. The fourth-order valence-corrected chi connectivity index (χ4v) is 3.22. The lowest BCUT2D eigenvalue weighted by atomic mass is 10.0. The number of hydrogen-bond donors (Lipinski definition) is 1. The van der Waals surface area contributed by atoms with Crippen LogP contribution in [0.4, 0.5) is 0 Å². The Morgan fingerprint density at radius 1 is 1.13 bits per heavy atom. The minimum atomic E-state index is 0.387. The Hall–Kier alpha value is -1.59. The molecule has 23 heavy (non-hydrogen) atoms. The number of piperidine rings is 1. The molecule has 1 aromatic rings. The zero-order valence-corrected chi connectivity index (χ0v) is 14.0. The van der Waals surface area contributed by atoms with E-state index in [1.54, 1.807) is 6.07 Å². The van der Waals surface area contributed by atoms with Crippen molar-refractivity contribution in [1.29, 1.82) is 0 Å². The third-order valence-corrected chi connectivity index (χ3v) is 4.62. The fraction of sp³-hybridized carbons (Fsp3) is 0.611. The van der Waals surface area contributed by atoms with Gasteiger partial charge in [-0.3, -0.25) is 9.91 Å². The Kier molecular flexibility index (Phi) is 5.51. The summed E-state index contributed by atoms with van der Waals surface area (Å²) in [6, 6.07) is 5.84. The van der Waals surface area contributed by atoms with Crippen LogP contribution in [-0.4, -0.2) is 60.1 Å². The van der Waals surface area contributed by atoms with Gasteiger partial charge in [0.1, 0.15) is 5.75 Å². The number of hydrazone groups is 1. The first-order valence-corrected chi connectivity index (χ1v) is 8.65. The van der Waals surface area contributed by atoms with Crippen molar-refractivity contribution < 1.29 is 9.84 Å². The van der Waals surface area contributed by atoms with E-state index in [-0.39, 0.29) is 0 Å². The number of likely N-dealkylation sites (tertiary alicyclic amines) is 1. The van der Waals surface area contributed by atoms with Crippen molar-refractivity contribution in [3.63, 3.8) is 0 Å². The van der Waals surface area contributed by atoms with Gasteiger partial charge in [0, 0.05) is 12.1 Å². The summed E-state index contributed by atoms with van der Waals surface area (Å²) in [7, 11) is 0. The van der Waals surface area contributed by atoms with Gasteiger partial charge in [-0.15, -0.1) is 0 Å². The molecule has 1 N–H and O–H groups in total. The van der Waals surface area contributed by atoms with Crippen LogP contribution in [0.15, 0.2) is 23.3 Å². The quantitative estimate of drug-likeness (QED) is 0.867. The molecule has 1 aromatic carbocycles. The zero-order valence-electron chi connectivity index (χ0n) is 14.0. The van der Waals surface area contributed by atoms with Crippen molar-refractivity contribution in [2.45, 2.75) is 32.7 Å². The SMILES string of the molecule is C/C(=N/N1CCOCC1)c1ccc(O)c(CN2CCCCC2)c1. The predicted octanol–water partition coefficient (Wildman–Crippen LogP) is 2.43. The number of aromatic hydroxyl groups is 1. The molecule has 0 saturated carbocycles. The van der Waals surface area contributed by atoms with Crippen LogP contribution in [0.25, 0.3) is 0 Å². The van der Waals surface area contributed by atoms with Gasteiger partial charge in [0.2, 0.25) is 0 Å². The molecular weight excluding hydrogens is 290 g/mol. The summed E-state index contributed by atoms with van der Waals surface area (Å²) < 4.78 is 5.36. The first-order valence-electron chi connectivity index (χ1n) is 8.65. The van der Waals surface area contributed by atoms with E-state index in [9.17, 15) is 5.11 Å². The van der Waals surface area contributed by atoms with Crippen LogP contribution in [-0.2, 0) is 11.3 Å². The average molecular weight is 317 g/mol. The maximum atomic E-state index is 10.2. The highest BCUT2D eigenvalue weighted by atomic mass is 16.5. The molecular formula is C18H27N3O2. The molecule has 3 rings (SSSR count). The number of ether oxygens (including phenoxy) is 1. The van der Waals surface area contributed by atoms with Gasteiger partial charge in [0.05, 0.1) is 32.0 Å². The number of rotatable bonds is 4. The second-order valence-corrected chi connectivity index (χ2v) is 6.43. The largest absolute Gasteiger partial charge is 0.508 e. The third-order valence-electron chi connectivity index (χ3n) is 4.62. The van der Waals surface area contributed by atoms with Crippen molar-refractivity contribution in [2.24, 2.45) is 5.10 Å². The molecule has 0 bridgehead atoms. The molecule has 5 heteroatoms. The Morgan fingerprint density at radius 3 is 2.61 bits per heavy atom. The summed E-state index contributed by atoms with van der Waals surface area (Å²) in [6.45, 7) is 8.29. The van der Waals surface area contributed by atoms with E-state index in [0.717, 1.165) is 62.8 Å². The normalized spacial score (nSPS) is 20.7. The van der Waals surface area contributed by atoms with Crippen LogP contribution >= 0.6 is 0 Å². The maximum Gasteiger partial charge on any atom is 0.120 e. The van der Waals surface area contributed by atoms with E-state index in [0.29, 0.717) is 5.75 Å². The average Bonchev–Trinajstić information content (AvgIpc) is 2.58. The van der Waals surface area contributed by atoms with E-state index in [1.165, 1.54) is 19.3 Å². The molecule has 0 aromatic heterocycles. The summed E-state index contributed by atoms with van der Waals surface area (Å²) in [6.07, 6.45) is 3.85. The molecule has 2 saturated heterocycles. The van der Waals surface area contributed by atoms with Gasteiger partial charge in [0.25, 0.3) is 0 Å². The minimum absolute atomic E-state index is 0.387. The van der Waals surface area contributed by atoms with Crippen LogP contribution in [0.1, 0.15) is 37.3 Å². The summed E-state index contributed by atoms with van der Waals surface area (Å²) in [5, 5.41) is 16.9. The molecule has 0 radical (unpaired) electrons. The summed E-state index contributed by atoms with van der Waals surface area (Å²) >= 11 is 0. The number of nitrogens with zero attached hydrogens (tertiary/aromatic N) is 3. The molecule has 0 spiro atoms. The van der Waals surface area contributed by atoms with Gasteiger partial charge in [-0.2, -0.15) is 5.10 Å². The molecule has 0 atom stereocenters. The maximum absolute atomic E-state index is 10.2. The van der Waals surface area contributed by atoms with Gasteiger partial charge in [-0.05, 0) is 56.6 Å². The number of phenols is 1. The molecule has 5 nitrogen and oxygen atoms in total. The first kappa shape index (κ1) is 16.3. The lowest BCUT2D eigenvalue weighted by molar-refractivity contribution is 0.0393. The van der Waals surface area contributed by atoms with Gasteiger partial charge in [0.15, 0.2) is 0 Å². The highest BCUT2D eigenvalue weighted by molar-refractivity contribution is 5.98. The highest BCUT2D eigenvalue weighted by Crippen LogP contribution is 2.22. The zero-order chi connectivity index (χ0) is 16.1. The van der Waals surface area contributed by atoms with Gasteiger partial charge in [-0.1, -0.05) is 6.42 Å². The van der Waals surface area contributed by atoms with Crippen LogP contribution in [0, 0.1) is 0 Å². The lowest BCUT2D eigenvalue weighted by Crippen LogP contribution is -2.33.